The number of Topliss-reactive ketones (excluding diaryl/α,β-unsaturated/α-hetero) is 1. The molecule has 0 aliphatic carbocycles. The predicted molar refractivity (Wildman–Crippen MR) is 137 cm³/mol. The van der Waals surface area contributed by atoms with Crippen LogP contribution in [-0.4, -0.2) is 52.7 Å². The van der Waals surface area contributed by atoms with Gasteiger partial charge in [-0.25, -0.2) is 0 Å². The van der Waals surface area contributed by atoms with Gasteiger partial charge in [0.25, 0.3) is 5.91 Å². The van der Waals surface area contributed by atoms with Crippen molar-refractivity contribution in [3.63, 3.8) is 0 Å². The van der Waals surface area contributed by atoms with Crippen LogP contribution in [0.5, 0.6) is 0 Å². The smallest absolute Gasteiger partial charge is 0.253 e. The van der Waals surface area contributed by atoms with E-state index in [2.05, 4.69) is 44.8 Å². The Labute approximate surface area is 208 Å². The zero-order chi connectivity index (χ0) is 24.9. The Kier molecular flexibility index (Phi) is 10.9. The lowest BCUT2D eigenvalue weighted by Crippen LogP contribution is -2.52. The van der Waals surface area contributed by atoms with Gasteiger partial charge in [0.2, 0.25) is 5.91 Å². The first-order chi connectivity index (χ1) is 17.0. The second-order valence-corrected chi connectivity index (χ2v) is 9.30. The Bertz CT molecular complexity index is 928. The van der Waals surface area contributed by atoms with Crippen molar-refractivity contribution in [1.82, 2.24) is 20.5 Å². The molecule has 0 saturated carbocycles. The third-order valence-corrected chi connectivity index (χ3v) is 6.57. The highest BCUT2D eigenvalue weighted by atomic mass is 16.2. The fourth-order valence-corrected chi connectivity index (χ4v) is 4.41. The van der Waals surface area contributed by atoms with Gasteiger partial charge in [0.05, 0.1) is 5.56 Å². The number of nitrogens with zero attached hydrogens (tertiary/aromatic N) is 2. The minimum Gasteiger partial charge on any atom is -0.351 e. The molecule has 1 saturated heterocycles. The summed E-state index contributed by atoms with van der Waals surface area (Å²) in [5.41, 5.74) is 1.74. The van der Waals surface area contributed by atoms with E-state index < -0.39 is 6.04 Å². The van der Waals surface area contributed by atoms with Crippen LogP contribution in [0.3, 0.4) is 0 Å². The van der Waals surface area contributed by atoms with E-state index in [0.717, 1.165) is 51.7 Å². The number of amides is 2. The van der Waals surface area contributed by atoms with Crippen molar-refractivity contribution in [1.29, 1.82) is 0 Å². The molecule has 0 unspecified atom stereocenters. The van der Waals surface area contributed by atoms with Gasteiger partial charge < -0.3 is 10.6 Å². The molecular weight excluding hydrogens is 440 g/mol. The second kappa shape index (κ2) is 14.4. The van der Waals surface area contributed by atoms with Crippen LogP contribution in [0.15, 0.2) is 54.9 Å². The lowest BCUT2D eigenvalue weighted by atomic mass is 10.0. The van der Waals surface area contributed by atoms with Crippen LogP contribution < -0.4 is 10.6 Å². The normalized spacial score (nSPS) is 15.3. The number of rotatable bonds is 13. The predicted octanol–water partition coefficient (Wildman–Crippen LogP) is 3.89. The van der Waals surface area contributed by atoms with Crippen LogP contribution in [0.4, 0.5) is 0 Å². The molecule has 0 spiro atoms. The maximum atomic E-state index is 13.2. The largest absolute Gasteiger partial charge is 0.351 e. The summed E-state index contributed by atoms with van der Waals surface area (Å²) in [6.45, 7) is 4.66. The van der Waals surface area contributed by atoms with Crippen molar-refractivity contribution >= 4 is 17.6 Å². The summed E-state index contributed by atoms with van der Waals surface area (Å²) in [7, 11) is 0. The van der Waals surface area contributed by atoms with E-state index >= 15 is 0 Å². The van der Waals surface area contributed by atoms with E-state index in [9.17, 15) is 14.4 Å². The minimum absolute atomic E-state index is 0.106. The molecule has 1 aromatic carbocycles. The second-order valence-electron chi connectivity index (χ2n) is 9.30. The third kappa shape index (κ3) is 9.25. The van der Waals surface area contributed by atoms with E-state index in [1.54, 1.807) is 18.3 Å². The number of aromatic nitrogens is 1. The van der Waals surface area contributed by atoms with E-state index in [1.165, 1.54) is 11.8 Å². The molecular formula is C28H38N4O3. The Balaban J connectivity index is 1.50. The zero-order valence-electron chi connectivity index (χ0n) is 20.7. The average molecular weight is 479 g/mol. The molecule has 2 heterocycles. The van der Waals surface area contributed by atoms with Crippen molar-refractivity contribution in [2.45, 2.75) is 76.9 Å². The average Bonchev–Trinajstić information content (AvgIpc) is 2.89. The molecule has 1 aliphatic heterocycles. The van der Waals surface area contributed by atoms with Gasteiger partial charge in [0, 0.05) is 50.9 Å². The summed E-state index contributed by atoms with van der Waals surface area (Å²) < 4.78 is 0. The molecule has 35 heavy (non-hydrogen) atoms. The minimum atomic E-state index is -0.605. The number of unbranched alkanes of at least 4 members (excludes halogenated alkanes) is 2. The summed E-state index contributed by atoms with van der Waals surface area (Å²) in [4.78, 5) is 43.8. The molecule has 0 radical (unpaired) electrons. The number of pyridine rings is 1. The molecule has 0 bridgehead atoms. The number of hydrogen-bond acceptors (Lipinski definition) is 5. The molecule has 1 atom stereocenters. The molecule has 1 aliphatic rings. The van der Waals surface area contributed by atoms with Crippen LogP contribution in [0, 0.1) is 0 Å². The van der Waals surface area contributed by atoms with Gasteiger partial charge in [-0.1, -0.05) is 50.1 Å². The van der Waals surface area contributed by atoms with Crippen molar-refractivity contribution in [2.24, 2.45) is 0 Å². The van der Waals surface area contributed by atoms with Crippen molar-refractivity contribution < 1.29 is 14.4 Å². The summed E-state index contributed by atoms with van der Waals surface area (Å²) in [6.07, 6.45) is 9.04. The monoisotopic (exact) mass is 478 g/mol. The molecule has 2 N–H and O–H groups in total. The Hall–Kier alpha value is -3.06. The summed E-state index contributed by atoms with van der Waals surface area (Å²) in [5.74, 6) is -0.159. The summed E-state index contributed by atoms with van der Waals surface area (Å²) in [6, 6.07) is 13.3. The number of carbonyl (C=O) groups excluding carboxylic acids is 3. The van der Waals surface area contributed by atoms with E-state index in [0.29, 0.717) is 24.8 Å². The van der Waals surface area contributed by atoms with Crippen molar-refractivity contribution in [2.75, 3.05) is 13.1 Å². The van der Waals surface area contributed by atoms with Gasteiger partial charge in [-0.2, -0.15) is 0 Å². The van der Waals surface area contributed by atoms with Gasteiger partial charge in [-0.3, -0.25) is 24.3 Å². The quantitative estimate of drug-likeness (QED) is 0.426. The topological polar surface area (TPSA) is 91.4 Å². The maximum Gasteiger partial charge on any atom is 0.253 e. The number of piperidine rings is 1. The van der Waals surface area contributed by atoms with E-state index in [-0.39, 0.29) is 23.6 Å². The molecule has 3 rings (SSSR count). The molecule has 2 aromatic rings. The Morgan fingerprint density at radius 3 is 2.49 bits per heavy atom. The maximum absolute atomic E-state index is 13.2. The molecule has 1 aromatic heterocycles. The lowest BCUT2D eigenvalue weighted by Gasteiger charge is -2.33. The Morgan fingerprint density at radius 2 is 1.80 bits per heavy atom. The number of carbonyl (C=O) groups is 3. The van der Waals surface area contributed by atoms with Crippen LogP contribution >= 0.6 is 0 Å². The SMILES string of the molecule is CCC(=O)CCCCC[C@H](NC(=O)c1cccnc1)C(=O)NC1CCN(Cc2ccccc2)CC1. The molecule has 2 amide bonds. The van der Waals surface area contributed by atoms with Gasteiger partial charge in [0.1, 0.15) is 11.8 Å². The Morgan fingerprint density at radius 1 is 1.03 bits per heavy atom. The first-order valence-corrected chi connectivity index (χ1v) is 12.8. The molecule has 7 nitrogen and oxygen atoms in total. The van der Waals surface area contributed by atoms with Crippen LogP contribution in [0.2, 0.25) is 0 Å². The van der Waals surface area contributed by atoms with Gasteiger partial charge in [-0.15, -0.1) is 0 Å². The first-order valence-electron chi connectivity index (χ1n) is 12.8. The van der Waals surface area contributed by atoms with E-state index in [4.69, 9.17) is 0 Å². The fourth-order valence-electron chi connectivity index (χ4n) is 4.41. The molecule has 7 heteroatoms. The number of hydrogen-bond donors (Lipinski definition) is 2. The zero-order valence-corrected chi connectivity index (χ0v) is 20.7. The number of nitrogens with one attached hydrogen (secondary N) is 2. The van der Waals surface area contributed by atoms with Crippen LogP contribution in [0.1, 0.15) is 74.2 Å². The lowest BCUT2D eigenvalue weighted by molar-refractivity contribution is -0.124. The van der Waals surface area contributed by atoms with E-state index in [1.807, 2.05) is 13.0 Å². The highest BCUT2D eigenvalue weighted by Crippen LogP contribution is 2.15. The van der Waals surface area contributed by atoms with Crippen LogP contribution in [-0.2, 0) is 16.1 Å². The number of benzene rings is 1. The standard InChI is InChI=1S/C28H38N4O3/c1-2-25(33)13-7-4-8-14-26(31-27(34)23-12-9-17-29-20-23)28(35)30-24-15-18-32(19-16-24)21-22-10-5-3-6-11-22/h3,5-6,9-12,17,20,24,26H,2,4,7-8,13-16,18-19,21H2,1H3,(H,30,35)(H,31,34)/t26-/m0/s1. The van der Waals surface area contributed by atoms with Crippen molar-refractivity contribution in [3.8, 4) is 0 Å². The van der Waals surface area contributed by atoms with Crippen molar-refractivity contribution in [3.05, 3.63) is 66.0 Å². The van der Waals surface area contributed by atoms with Gasteiger partial charge in [0.15, 0.2) is 0 Å². The summed E-state index contributed by atoms with van der Waals surface area (Å²) in [5, 5.41) is 6.09. The van der Waals surface area contributed by atoms with Crippen LogP contribution in [0.25, 0.3) is 0 Å². The fraction of sp³-hybridized carbons (Fsp3) is 0.500. The molecule has 1 fully saturated rings. The molecule has 188 valence electrons. The van der Waals surface area contributed by atoms with Gasteiger partial charge in [-0.05, 0) is 43.4 Å². The highest BCUT2D eigenvalue weighted by Gasteiger charge is 2.26. The number of ketones is 1. The third-order valence-electron chi connectivity index (χ3n) is 6.57. The van der Waals surface area contributed by atoms with Gasteiger partial charge >= 0.3 is 0 Å². The highest BCUT2D eigenvalue weighted by molar-refractivity contribution is 5.97. The number of likely N-dealkylation sites (tertiary alicyclic amines) is 1. The summed E-state index contributed by atoms with van der Waals surface area (Å²) >= 11 is 0. The first kappa shape index (κ1) is 26.5.